The number of ether oxygens (including phenoxy) is 1. The van der Waals surface area contributed by atoms with E-state index in [9.17, 15) is 4.79 Å². The predicted octanol–water partition coefficient (Wildman–Crippen LogP) is 3.93. The van der Waals surface area contributed by atoms with Crippen molar-refractivity contribution in [2.45, 2.75) is 26.7 Å². The summed E-state index contributed by atoms with van der Waals surface area (Å²) in [4.78, 5) is 14.4. The van der Waals surface area contributed by atoms with Gasteiger partial charge in [0.15, 0.2) is 0 Å². The molecule has 1 unspecified atom stereocenters. The number of rotatable bonds is 5. The maximum Gasteiger partial charge on any atom is 0.321 e. The van der Waals surface area contributed by atoms with Crippen LogP contribution in [0.1, 0.15) is 25.3 Å². The number of halogens is 1. The van der Waals surface area contributed by atoms with Gasteiger partial charge in [0.2, 0.25) is 0 Å². The van der Waals surface area contributed by atoms with Crippen LogP contribution in [-0.4, -0.2) is 37.2 Å². The summed E-state index contributed by atoms with van der Waals surface area (Å²) in [5.74, 6) is 0.447. The third-order valence-electron chi connectivity index (χ3n) is 3.72. The van der Waals surface area contributed by atoms with Gasteiger partial charge in [0.05, 0.1) is 6.61 Å². The number of amides is 2. The Labute approximate surface area is 131 Å². The van der Waals surface area contributed by atoms with E-state index in [1.165, 1.54) is 0 Å². The lowest BCUT2D eigenvalue weighted by molar-refractivity contribution is 0.169. The Morgan fingerprint density at radius 2 is 2.33 bits per heavy atom. The largest absolute Gasteiger partial charge is 0.381 e. The van der Waals surface area contributed by atoms with Crippen LogP contribution < -0.4 is 5.32 Å². The van der Waals surface area contributed by atoms with Crippen LogP contribution in [0.3, 0.4) is 0 Å². The number of nitrogens with zero attached hydrogens (tertiary/aromatic N) is 1. The molecule has 0 aromatic heterocycles. The number of nitrogens with one attached hydrogen (secondary N) is 1. The molecule has 1 N–H and O–H groups in total. The highest BCUT2D eigenvalue weighted by Crippen LogP contribution is 2.21. The van der Waals surface area contributed by atoms with Crippen LogP contribution in [0.5, 0.6) is 0 Å². The summed E-state index contributed by atoms with van der Waals surface area (Å²) in [6, 6.07) is 5.46. The summed E-state index contributed by atoms with van der Waals surface area (Å²) in [5, 5.41) is 3.60. The first-order valence-corrected chi connectivity index (χ1v) is 7.87. The van der Waals surface area contributed by atoms with Crippen molar-refractivity contribution in [2.75, 3.05) is 31.6 Å². The van der Waals surface area contributed by atoms with Crippen LogP contribution in [0.15, 0.2) is 18.2 Å². The number of hydrogen-bond acceptors (Lipinski definition) is 2. The Morgan fingerprint density at radius 3 is 3.00 bits per heavy atom. The van der Waals surface area contributed by atoms with Gasteiger partial charge in [-0.25, -0.2) is 4.79 Å². The maximum atomic E-state index is 12.5. The topological polar surface area (TPSA) is 41.6 Å². The van der Waals surface area contributed by atoms with Crippen molar-refractivity contribution in [2.24, 2.45) is 5.92 Å². The first kappa shape index (κ1) is 16.1. The standard InChI is InChI=1S/C16H23ClN2O2/c1-3-7-19(10-13-6-8-21-11-13)16(20)18-15-9-14(17)5-4-12(15)2/h4-5,9,13H,3,6-8,10-11H2,1-2H3,(H,18,20). The molecular formula is C16H23ClN2O2. The molecule has 2 rings (SSSR count). The Balaban J connectivity index is 2.01. The molecule has 4 nitrogen and oxygen atoms in total. The van der Waals surface area contributed by atoms with E-state index in [0.29, 0.717) is 10.9 Å². The van der Waals surface area contributed by atoms with Gasteiger partial charge in [-0.05, 0) is 37.5 Å². The van der Waals surface area contributed by atoms with E-state index < -0.39 is 0 Å². The second-order valence-corrected chi connectivity index (χ2v) is 6.00. The van der Waals surface area contributed by atoms with Crippen molar-refractivity contribution < 1.29 is 9.53 Å². The number of urea groups is 1. The smallest absolute Gasteiger partial charge is 0.321 e. The molecule has 1 saturated heterocycles. The number of hydrogen-bond donors (Lipinski definition) is 1. The van der Waals surface area contributed by atoms with E-state index in [4.69, 9.17) is 16.3 Å². The molecule has 1 aromatic carbocycles. The number of anilines is 1. The highest BCUT2D eigenvalue weighted by molar-refractivity contribution is 6.31. The number of aryl methyl sites for hydroxylation is 1. The Bertz CT molecular complexity index is 487. The molecule has 1 aliphatic heterocycles. The van der Waals surface area contributed by atoms with Crippen molar-refractivity contribution >= 4 is 23.3 Å². The fourth-order valence-corrected chi connectivity index (χ4v) is 2.68. The molecule has 0 radical (unpaired) electrons. The van der Waals surface area contributed by atoms with Gasteiger partial charge in [-0.2, -0.15) is 0 Å². The van der Waals surface area contributed by atoms with Gasteiger partial charge in [0, 0.05) is 36.3 Å². The number of carbonyl (C=O) groups excluding carboxylic acids is 1. The fourth-order valence-electron chi connectivity index (χ4n) is 2.51. The number of benzene rings is 1. The van der Waals surface area contributed by atoms with Crippen LogP contribution in [0.25, 0.3) is 0 Å². The Hall–Kier alpha value is -1.26. The first-order valence-electron chi connectivity index (χ1n) is 7.50. The molecule has 116 valence electrons. The quantitative estimate of drug-likeness (QED) is 0.895. The maximum absolute atomic E-state index is 12.5. The molecule has 0 bridgehead atoms. The molecule has 1 aromatic rings. The van der Waals surface area contributed by atoms with Crippen LogP contribution in [-0.2, 0) is 4.74 Å². The van der Waals surface area contributed by atoms with E-state index in [1.54, 1.807) is 6.07 Å². The molecule has 1 heterocycles. The van der Waals surface area contributed by atoms with Crippen molar-refractivity contribution in [1.82, 2.24) is 4.90 Å². The molecule has 1 aliphatic rings. The van der Waals surface area contributed by atoms with E-state index >= 15 is 0 Å². The Morgan fingerprint density at radius 1 is 1.52 bits per heavy atom. The minimum Gasteiger partial charge on any atom is -0.381 e. The molecular weight excluding hydrogens is 288 g/mol. The second-order valence-electron chi connectivity index (χ2n) is 5.57. The van der Waals surface area contributed by atoms with Crippen molar-refractivity contribution in [3.8, 4) is 0 Å². The average molecular weight is 311 g/mol. The molecule has 21 heavy (non-hydrogen) atoms. The van der Waals surface area contributed by atoms with Crippen molar-refractivity contribution in [3.05, 3.63) is 28.8 Å². The molecule has 5 heteroatoms. The molecule has 2 amide bonds. The zero-order valence-electron chi connectivity index (χ0n) is 12.7. The van der Waals surface area contributed by atoms with Gasteiger partial charge in [-0.1, -0.05) is 24.6 Å². The summed E-state index contributed by atoms with van der Waals surface area (Å²) in [5.41, 5.74) is 1.78. The molecule has 0 saturated carbocycles. The van der Waals surface area contributed by atoms with E-state index in [2.05, 4.69) is 12.2 Å². The lowest BCUT2D eigenvalue weighted by Crippen LogP contribution is -2.39. The van der Waals surface area contributed by atoms with Gasteiger partial charge in [-0.15, -0.1) is 0 Å². The van der Waals surface area contributed by atoms with Crippen LogP contribution in [0, 0.1) is 12.8 Å². The SMILES string of the molecule is CCCN(CC1CCOC1)C(=O)Nc1cc(Cl)ccc1C. The van der Waals surface area contributed by atoms with E-state index in [1.807, 2.05) is 24.0 Å². The van der Waals surface area contributed by atoms with Crippen LogP contribution in [0.2, 0.25) is 5.02 Å². The van der Waals surface area contributed by atoms with Gasteiger partial charge in [0.1, 0.15) is 0 Å². The third kappa shape index (κ3) is 4.61. The van der Waals surface area contributed by atoms with E-state index in [-0.39, 0.29) is 6.03 Å². The first-order chi connectivity index (χ1) is 10.1. The normalized spacial score (nSPS) is 17.8. The highest BCUT2D eigenvalue weighted by atomic mass is 35.5. The molecule has 0 aliphatic carbocycles. The number of carbonyl (C=O) groups is 1. The van der Waals surface area contributed by atoms with E-state index in [0.717, 1.165) is 50.4 Å². The highest BCUT2D eigenvalue weighted by Gasteiger charge is 2.22. The minimum atomic E-state index is -0.0610. The summed E-state index contributed by atoms with van der Waals surface area (Å²) in [6.07, 6.45) is 1.97. The molecule has 0 spiro atoms. The second kappa shape index (κ2) is 7.66. The van der Waals surface area contributed by atoms with Gasteiger partial charge < -0.3 is 15.0 Å². The molecule has 1 fully saturated rings. The van der Waals surface area contributed by atoms with Crippen LogP contribution >= 0.6 is 11.6 Å². The Kier molecular flexibility index (Phi) is 5.88. The minimum absolute atomic E-state index is 0.0610. The van der Waals surface area contributed by atoms with Gasteiger partial charge >= 0.3 is 6.03 Å². The summed E-state index contributed by atoms with van der Waals surface area (Å²) >= 11 is 6.00. The average Bonchev–Trinajstić information content (AvgIpc) is 2.95. The summed E-state index contributed by atoms with van der Waals surface area (Å²) in [7, 11) is 0. The predicted molar refractivity (Wildman–Crippen MR) is 86.0 cm³/mol. The lowest BCUT2D eigenvalue weighted by Gasteiger charge is -2.25. The fraction of sp³-hybridized carbons (Fsp3) is 0.562. The zero-order valence-corrected chi connectivity index (χ0v) is 13.4. The lowest BCUT2D eigenvalue weighted by atomic mass is 10.1. The van der Waals surface area contributed by atoms with Gasteiger partial charge in [0.25, 0.3) is 0 Å². The van der Waals surface area contributed by atoms with Crippen LogP contribution in [0.4, 0.5) is 10.5 Å². The summed E-state index contributed by atoms with van der Waals surface area (Å²) in [6.45, 7) is 7.10. The van der Waals surface area contributed by atoms with Crippen molar-refractivity contribution in [3.63, 3.8) is 0 Å². The third-order valence-corrected chi connectivity index (χ3v) is 3.96. The molecule has 1 atom stereocenters. The summed E-state index contributed by atoms with van der Waals surface area (Å²) < 4.78 is 5.39. The monoisotopic (exact) mass is 310 g/mol. The van der Waals surface area contributed by atoms with Crippen molar-refractivity contribution in [1.29, 1.82) is 0 Å². The zero-order chi connectivity index (χ0) is 15.2. The van der Waals surface area contributed by atoms with Gasteiger partial charge in [-0.3, -0.25) is 0 Å².